The highest BCUT2D eigenvalue weighted by molar-refractivity contribution is 5.06. The van der Waals surface area contributed by atoms with Crippen molar-refractivity contribution in [3.8, 4) is 0 Å². The van der Waals surface area contributed by atoms with E-state index < -0.39 is 0 Å². The maximum atomic E-state index is 12.5. The van der Waals surface area contributed by atoms with Crippen LogP contribution < -0.4 is 16.6 Å². The Labute approximate surface area is 136 Å². The lowest BCUT2D eigenvalue weighted by Crippen LogP contribution is -2.42. The van der Waals surface area contributed by atoms with Gasteiger partial charge >= 0.3 is 5.69 Å². The van der Waals surface area contributed by atoms with Gasteiger partial charge in [-0.1, -0.05) is 0 Å². The van der Waals surface area contributed by atoms with Gasteiger partial charge in [0.15, 0.2) is 0 Å². The van der Waals surface area contributed by atoms with Gasteiger partial charge in [-0.25, -0.2) is 4.79 Å². The van der Waals surface area contributed by atoms with Crippen molar-refractivity contribution in [3.63, 3.8) is 0 Å². The summed E-state index contributed by atoms with van der Waals surface area (Å²) in [5, 5.41) is 3.34. The van der Waals surface area contributed by atoms with Gasteiger partial charge in [0.2, 0.25) is 0 Å². The summed E-state index contributed by atoms with van der Waals surface area (Å²) in [5.74, 6) is 0. The van der Waals surface area contributed by atoms with E-state index in [0.717, 1.165) is 19.3 Å². The standard InChI is InChI=1S/C16H27N3O4/c1-22-9-3-7-18-12-13(11-17-14-5-6-14)15(20)19(16(18)21)8-4-10-23-2/h12,14,17H,3-11H2,1-2H3. The predicted octanol–water partition coefficient (Wildman–Crippen LogP) is 0.335. The summed E-state index contributed by atoms with van der Waals surface area (Å²) in [6.45, 7) is 2.56. The molecule has 0 radical (unpaired) electrons. The maximum Gasteiger partial charge on any atom is 0.330 e. The molecule has 1 aromatic heterocycles. The second kappa shape index (κ2) is 9.00. The van der Waals surface area contributed by atoms with Crippen LogP contribution in [0.4, 0.5) is 0 Å². The van der Waals surface area contributed by atoms with Crippen molar-refractivity contribution in [3.05, 3.63) is 32.6 Å². The van der Waals surface area contributed by atoms with Gasteiger partial charge in [0, 0.05) is 64.9 Å². The molecule has 0 aromatic carbocycles. The molecule has 1 saturated carbocycles. The van der Waals surface area contributed by atoms with Crippen LogP contribution in [0.5, 0.6) is 0 Å². The van der Waals surface area contributed by atoms with Crippen molar-refractivity contribution in [1.82, 2.24) is 14.5 Å². The molecule has 1 heterocycles. The van der Waals surface area contributed by atoms with Crippen molar-refractivity contribution in [2.45, 2.75) is 51.4 Å². The van der Waals surface area contributed by atoms with Crippen LogP contribution in [-0.4, -0.2) is 42.6 Å². The summed E-state index contributed by atoms with van der Waals surface area (Å²) in [6.07, 6.45) is 5.40. The molecule has 0 bridgehead atoms. The van der Waals surface area contributed by atoms with Crippen molar-refractivity contribution >= 4 is 0 Å². The van der Waals surface area contributed by atoms with E-state index in [0.29, 0.717) is 50.9 Å². The number of hydrogen-bond donors (Lipinski definition) is 1. The van der Waals surface area contributed by atoms with E-state index in [1.165, 1.54) is 4.57 Å². The molecule has 1 aliphatic rings. The zero-order valence-corrected chi connectivity index (χ0v) is 14.0. The Hall–Kier alpha value is -1.44. The lowest BCUT2D eigenvalue weighted by atomic mass is 10.3. The third-order valence-electron chi connectivity index (χ3n) is 3.94. The number of nitrogens with one attached hydrogen (secondary N) is 1. The van der Waals surface area contributed by atoms with E-state index in [-0.39, 0.29) is 11.2 Å². The van der Waals surface area contributed by atoms with Crippen molar-refractivity contribution in [2.75, 3.05) is 27.4 Å². The first-order valence-electron chi connectivity index (χ1n) is 8.21. The first-order chi connectivity index (χ1) is 11.2. The summed E-state index contributed by atoms with van der Waals surface area (Å²) in [6, 6.07) is 0.519. The molecule has 0 saturated heterocycles. The lowest BCUT2D eigenvalue weighted by molar-refractivity contribution is 0.187. The highest BCUT2D eigenvalue weighted by Gasteiger charge is 2.21. The molecule has 0 atom stereocenters. The predicted molar refractivity (Wildman–Crippen MR) is 87.8 cm³/mol. The Bertz CT molecular complexity index is 604. The first-order valence-corrected chi connectivity index (χ1v) is 8.21. The molecule has 130 valence electrons. The summed E-state index contributed by atoms with van der Waals surface area (Å²) in [5.41, 5.74) is 0.200. The smallest absolute Gasteiger partial charge is 0.330 e. The van der Waals surface area contributed by atoms with Crippen LogP contribution in [0.25, 0.3) is 0 Å². The molecule has 23 heavy (non-hydrogen) atoms. The molecule has 0 unspecified atom stereocenters. The molecule has 0 amide bonds. The molecule has 1 aliphatic carbocycles. The Morgan fingerprint density at radius 2 is 1.78 bits per heavy atom. The zero-order valence-electron chi connectivity index (χ0n) is 14.0. The molecule has 7 nitrogen and oxygen atoms in total. The minimum Gasteiger partial charge on any atom is -0.385 e. The van der Waals surface area contributed by atoms with Crippen molar-refractivity contribution < 1.29 is 9.47 Å². The number of ether oxygens (including phenoxy) is 2. The van der Waals surface area contributed by atoms with Crippen LogP contribution in [0.3, 0.4) is 0 Å². The average molecular weight is 325 g/mol. The maximum absolute atomic E-state index is 12.5. The van der Waals surface area contributed by atoms with E-state index in [1.54, 1.807) is 25.0 Å². The zero-order chi connectivity index (χ0) is 16.7. The van der Waals surface area contributed by atoms with Gasteiger partial charge in [-0.05, 0) is 25.7 Å². The van der Waals surface area contributed by atoms with Gasteiger partial charge in [-0.2, -0.15) is 0 Å². The number of rotatable bonds is 11. The van der Waals surface area contributed by atoms with Gasteiger partial charge in [0.05, 0.1) is 0 Å². The number of nitrogens with zero attached hydrogens (tertiary/aromatic N) is 2. The minimum atomic E-state index is -0.252. The van der Waals surface area contributed by atoms with Gasteiger partial charge in [-0.15, -0.1) is 0 Å². The van der Waals surface area contributed by atoms with Crippen LogP contribution in [0.2, 0.25) is 0 Å². The fourth-order valence-corrected chi connectivity index (χ4v) is 2.48. The average Bonchev–Trinajstić information content (AvgIpc) is 3.36. The van der Waals surface area contributed by atoms with Gasteiger partial charge in [0.25, 0.3) is 5.56 Å². The molecule has 1 aromatic rings. The molecule has 0 spiro atoms. The van der Waals surface area contributed by atoms with Crippen molar-refractivity contribution in [1.29, 1.82) is 0 Å². The molecule has 0 aliphatic heterocycles. The number of aryl methyl sites for hydroxylation is 1. The van der Waals surface area contributed by atoms with Crippen LogP contribution in [0, 0.1) is 0 Å². The summed E-state index contributed by atoms with van der Waals surface area (Å²) < 4.78 is 13.0. The number of methoxy groups -OCH3 is 2. The molecule has 1 N–H and O–H groups in total. The normalized spacial score (nSPS) is 14.3. The van der Waals surface area contributed by atoms with Gasteiger partial charge in [0.1, 0.15) is 0 Å². The molecule has 2 rings (SSSR count). The van der Waals surface area contributed by atoms with E-state index in [1.807, 2.05) is 0 Å². The monoisotopic (exact) mass is 325 g/mol. The molecule has 7 heteroatoms. The van der Waals surface area contributed by atoms with E-state index in [2.05, 4.69) is 5.32 Å². The van der Waals surface area contributed by atoms with E-state index >= 15 is 0 Å². The quantitative estimate of drug-likeness (QED) is 0.594. The summed E-state index contributed by atoms with van der Waals surface area (Å²) in [4.78, 5) is 25.0. The molecule has 1 fully saturated rings. The van der Waals surface area contributed by atoms with E-state index in [9.17, 15) is 9.59 Å². The fraction of sp³-hybridized carbons (Fsp3) is 0.750. The second-order valence-corrected chi connectivity index (χ2v) is 5.93. The van der Waals surface area contributed by atoms with Gasteiger partial charge in [-0.3, -0.25) is 9.36 Å². The Morgan fingerprint density at radius 1 is 1.13 bits per heavy atom. The third kappa shape index (κ3) is 5.30. The van der Waals surface area contributed by atoms with Crippen molar-refractivity contribution in [2.24, 2.45) is 0 Å². The lowest BCUT2D eigenvalue weighted by Gasteiger charge is -2.13. The molecular formula is C16H27N3O4. The highest BCUT2D eigenvalue weighted by Crippen LogP contribution is 2.18. The largest absolute Gasteiger partial charge is 0.385 e. The third-order valence-corrected chi connectivity index (χ3v) is 3.94. The van der Waals surface area contributed by atoms with Gasteiger partial charge < -0.3 is 19.4 Å². The SMILES string of the molecule is COCCCn1cc(CNC2CC2)c(=O)n(CCCOC)c1=O. The number of hydrogen-bond acceptors (Lipinski definition) is 5. The fourth-order valence-electron chi connectivity index (χ4n) is 2.48. The van der Waals surface area contributed by atoms with Crippen LogP contribution >= 0.6 is 0 Å². The number of aromatic nitrogens is 2. The summed E-state index contributed by atoms with van der Waals surface area (Å²) >= 11 is 0. The molecular weight excluding hydrogens is 298 g/mol. The Kier molecular flexibility index (Phi) is 7.01. The topological polar surface area (TPSA) is 74.5 Å². The van der Waals surface area contributed by atoms with Crippen LogP contribution in [0.15, 0.2) is 15.8 Å². The Morgan fingerprint density at radius 3 is 2.39 bits per heavy atom. The Balaban J connectivity index is 2.20. The summed E-state index contributed by atoms with van der Waals surface area (Å²) in [7, 11) is 3.25. The first kappa shape index (κ1) is 17.9. The minimum absolute atomic E-state index is 0.192. The second-order valence-electron chi connectivity index (χ2n) is 5.93. The highest BCUT2D eigenvalue weighted by atomic mass is 16.5. The van der Waals surface area contributed by atoms with E-state index in [4.69, 9.17) is 9.47 Å². The van der Waals surface area contributed by atoms with Crippen LogP contribution in [0.1, 0.15) is 31.2 Å². The van der Waals surface area contributed by atoms with Crippen LogP contribution in [-0.2, 0) is 29.1 Å².